The van der Waals surface area contributed by atoms with Gasteiger partial charge in [0.25, 0.3) is 10.2 Å². The van der Waals surface area contributed by atoms with Gasteiger partial charge in [0, 0.05) is 57.4 Å². The van der Waals surface area contributed by atoms with Crippen molar-refractivity contribution in [2.24, 2.45) is 0 Å². The van der Waals surface area contributed by atoms with E-state index in [-0.39, 0.29) is 11.7 Å². The van der Waals surface area contributed by atoms with Crippen molar-refractivity contribution in [3.63, 3.8) is 0 Å². The van der Waals surface area contributed by atoms with Crippen LogP contribution in [0.1, 0.15) is 47.8 Å². The number of nitrogens with zero attached hydrogens (tertiary/aromatic N) is 5. The number of rotatable bonds is 5. The van der Waals surface area contributed by atoms with Gasteiger partial charge in [0.1, 0.15) is 17.5 Å². The molecule has 0 bridgehead atoms. The molecule has 9 heteroatoms. The van der Waals surface area contributed by atoms with E-state index in [1.807, 2.05) is 19.1 Å². The van der Waals surface area contributed by atoms with Crippen LogP contribution in [0.2, 0.25) is 0 Å². The summed E-state index contributed by atoms with van der Waals surface area (Å²) in [4.78, 5) is 12.0. The highest BCUT2D eigenvalue weighted by molar-refractivity contribution is 7.86. The molecular formula is C22H30FN5O2S. The summed E-state index contributed by atoms with van der Waals surface area (Å²) >= 11 is 0. The fourth-order valence-electron chi connectivity index (χ4n) is 4.45. The molecule has 2 aliphatic heterocycles. The lowest BCUT2D eigenvalue weighted by molar-refractivity contribution is 0.293. The smallest absolute Gasteiger partial charge is 0.281 e. The molecule has 4 rings (SSSR count). The number of fused-ring (bicyclic) bond motifs is 1. The van der Waals surface area contributed by atoms with Crippen molar-refractivity contribution >= 4 is 16.0 Å². The lowest BCUT2D eigenvalue weighted by Crippen LogP contribution is -2.45. The van der Waals surface area contributed by atoms with E-state index in [4.69, 9.17) is 9.97 Å². The Morgan fingerprint density at radius 2 is 1.87 bits per heavy atom. The highest BCUT2D eigenvalue weighted by atomic mass is 32.2. The van der Waals surface area contributed by atoms with E-state index in [1.165, 1.54) is 20.7 Å². The Kier molecular flexibility index (Phi) is 6.27. The van der Waals surface area contributed by atoms with Gasteiger partial charge in [-0.15, -0.1) is 0 Å². The fraction of sp³-hybridized carbons (Fsp3) is 0.545. The van der Waals surface area contributed by atoms with E-state index >= 15 is 0 Å². The maximum atomic E-state index is 13.3. The van der Waals surface area contributed by atoms with Crippen molar-refractivity contribution in [2.75, 3.05) is 38.6 Å². The third-order valence-electron chi connectivity index (χ3n) is 6.19. The molecule has 1 saturated heterocycles. The van der Waals surface area contributed by atoms with Crippen LogP contribution in [0, 0.1) is 12.7 Å². The second-order valence-electron chi connectivity index (χ2n) is 8.61. The van der Waals surface area contributed by atoms with Gasteiger partial charge in [0.2, 0.25) is 0 Å². The van der Waals surface area contributed by atoms with E-state index in [0.717, 1.165) is 60.7 Å². The maximum absolute atomic E-state index is 13.3. The number of aryl methyl sites for hydroxylation is 1. The highest BCUT2D eigenvalue weighted by Gasteiger charge is 2.33. The molecule has 0 radical (unpaired) electrons. The van der Waals surface area contributed by atoms with Gasteiger partial charge in [0.15, 0.2) is 0 Å². The molecule has 1 aromatic carbocycles. The molecule has 0 unspecified atom stereocenters. The van der Waals surface area contributed by atoms with Gasteiger partial charge < -0.3 is 4.90 Å². The van der Waals surface area contributed by atoms with Gasteiger partial charge in [-0.25, -0.2) is 14.4 Å². The van der Waals surface area contributed by atoms with Gasteiger partial charge in [-0.1, -0.05) is 12.1 Å². The number of hydrogen-bond acceptors (Lipinski definition) is 5. The third-order valence-corrected chi connectivity index (χ3v) is 8.09. The van der Waals surface area contributed by atoms with E-state index in [2.05, 4.69) is 4.90 Å². The number of halogens is 1. The summed E-state index contributed by atoms with van der Waals surface area (Å²) in [6, 6.07) is 6.59. The van der Waals surface area contributed by atoms with Crippen molar-refractivity contribution in [1.82, 2.24) is 18.6 Å². The van der Waals surface area contributed by atoms with Crippen molar-refractivity contribution in [2.45, 2.75) is 45.1 Å². The van der Waals surface area contributed by atoms with Crippen LogP contribution in [0.25, 0.3) is 0 Å². The molecule has 3 heterocycles. The molecule has 2 aromatic rings. The molecule has 2 aliphatic rings. The second-order valence-corrected chi connectivity index (χ2v) is 10.8. The normalized spacial score (nSPS) is 20.2. The number of aromatic nitrogens is 2. The first kappa shape index (κ1) is 22.1. The monoisotopic (exact) mass is 447 g/mol. The summed E-state index contributed by atoms with van der Waals surface area (Å²) in [5.41, 5.74) is 3.16. The zero-order chi connectivity index (χ0) is 22.2. The average Bonchev–Trinajstić information content (AvgIpc) is 2.75. The van der Waals surface area contributed by atoms with Crippen LogP contribution >= 0.6 is 0 Å². The molecule has 0 aliphatic carbocycles. The Labute approximate surface area is 184 Å². The van der Waals surface area contributed by atoms with E-state index in [1.54, 1.807) is 14.1 Å². The van der Waals surface area contributed by atoms with Gasteiger partial charge in [-0.05, 0) is 50.3 Å². The van der Waals surface area contributed by atoms with Crippen LogP contribution in [0.15, 0.2) is 24.3 Å². The van der Waals surface area contributed by atoms with Gasteiger partial charge in [0.05, 0.1) is 0 Å². The topological polar surface area (TPSA) is 69.6 Å². The second kappa shape index (κ2) is 8.80. The summed E-state index contributed by atoms with van der Waals surface area (Å²) < 4.78 is 41.3. The Bertz CT molecular complexity index is 1040. The number of piperidine rings is 1. The minimum atomic E-state index is -3.45. The summed E-state index contributed by atoms with van der Waals surface area (Å²) in [6.45, 7) is 4.48. The summed E-state index contributed by atoms with van der Waals surface area (Å²) in [5, 5.41) is 0. The Morgan fingerprint density at radius 3 is 2.58 bits per heavy atom. The molecule has 0 saturated carbocycles. The molecule has 0 N–H and O–H groups in total. The van der Waals surface area contributed by atoms with Gasteiger partial charge in [-0.3, -0.25) is 0 Å². The largest absolute Gasteiger partial charge is 0.352 e. The van der Waals surface area contributed by atoms with E-state index in [0.29, 0.717) is 19.6 Å². The van der Waals surface area contributed by atoms with Crippen LogP contribution in [-0.2, 0) is 23.2 Å². The van der Waals surface area contributed by atoms with Crippen molar-refractivity contribution in [1.29, 1.82) is 0 Å². The molecule has 0 amide bonds. The summed E-state index contributed by atoms with van der Waals surface area (Å²) in [7, 11) is -0.331. The number of anilines is 1. The summed E-state index contributed by atoms with van der Waals surface area (Å²) in [6.07, 6.45) is 3.62. The van der Waals surface area contributed by atoms with Crippen LogP contribution < -0.4 is 4.90 Å². The lowest BCUT2D eigenvalue weighted by Gasteiger charge is -2.35. The first-order valence-corrected chi connectivity index (χ1v) is 12.2. The predicted molar refractivity (Wildman–Crippen MR) is 119 cm³/mol. The molecule has 1 fully saturated rings. The van der Waals surface area contributed by atoms with E-state index in [9.17, 15) is 12.8 Å². The molecule has 1 aromatic heterocycles. The van der Waals surface area contributed by atoms with E-state index < -0.39 is 10.2 Å². The predicted octanol–water partition coefficient (Wildman–Crippen LogP) is 2.86. The third kappa shape index (κ3) is 4.58. The van der Waals surface area contributed by atoms with Crippen molar-refractivity contribution in [3.8, 4) is 0 Å². The van der Waals surface area contributed by atoms with Crippen LogP contribution in [0.5, 0.6) is 0 Å². The molecule has 0 spiro atoms. The lowest BCUT2D eigenvalue weighted by atomic mass is 9.97. The molecule has 1 atom stereocenters. The zero-order valence-corrected chi connectivity index (χ0v) is 19.2. The molecular weight excluding hydrogens is 417 g/mol. The molecule has 31 heavy (non-hydrogen) atoms. The zero-order valence-electron chi connectivity index (χ0n) is 18.4. The number of benzene rings is 1. The number of hydrogen-bond donors (Lipinski definition) is 0. The van der Waals surface area contributed by atoms with Gasteiger partial charge >= 0.3 is 0 Å². The SMILES string of the molecule is Cc1nc([C@@H]2CCCN(S(=O)(=O)N(C)C)C2)nc2c1CCCN2Cc1ccc(F)cc1. The van der Waals surface area contributed by atoms with Crippen LogP contribution in [0.4, 0.5) is 10.2 Å². The Balaban J connectivity index is 1.62. The first-order chi connectivity index (χ1) is 14.8. The van der Waals surface area contributed by atoms with Crippen molar-refractivity contribution in [3.05, 3.63) is 52.7 Å². The Morgan fingerprint density at radius 1 is 1.13 bits per heavy atom. The standard InChI is InChI=1S/C22H30FN5O2S/c1-16-20-7-5-12-27(14-17-8-10-19(23)11-9-17)22(20)25-21(24-16)18-6-4-13-28(15-18)31(29,30)26(2)3/h8-11,18H,4-7,12-15H2,1-3H3/t18-/m1/s1. The average molecular weight is 448 g/mol. The Hall–Kier alpha value is -2.10. The molecule has 168 valence electrons. The highest BCUT2D eigenvalue weighted by Crippen LogP contribution is 2.33. The van der Waals surface area contributed by atoms with Gasteiger partial charge in [-0.2, -0.15) is 17.0 Å². The summed E-state index contributed by atoms with van der Waals surface area (Å²) in [5.74, 6) is 1.39. The minimum absolute atomic E-state index is 0.0259. The van der Waals surface area contributed by atoms with Crippen LogP contribution in [0.3, 0.4) is 0 Å². The fourth-order valence-corrected chi connectivity index (χ4v) is 5.64. The maximum Gasteiger partial charge on any atom is 0.281 e. The quantitative estimate of drug-likeness (QED) is 0.705. The molecule has 7 nitrogen and oxygen atoms in total. The van der Waals surface area contributed by atoms with Crippen LogP contribution in [-0.4, -0.2) is 60.7 Å². The minimum Gasteiger partial charge on any atom is -0.352 e. The van der Waals surface area contributed by atoms with Crippen molar-refractivity contribution < 1.29 is 12.8 Å². The first-order valence-electron chi connectivity index (χ1n) is 10.8.